The van der Waals surface area contributed by atoms with E-state index in [0.717, 1.165) is 16.0 Å². The number of ether oxygens (including phenoxy) is 2. The van der Waals surface area contributed by atoms with E-state index in [1.807, 2.05) is 55.5 Å². The van der Waals surface area contributed by atoms with E-state index >= 15 is 0 Å². The maximum atomic E-state index is 13.1. The minimum Gasteiger partial charge on any atom is -0.481 e. The van der Waals surface area contributed by atoms with Crippen molar-refractivity contribution in [2.45, 2.75) is 26.9 Å². The maximum absolute atomic E-state index is 13.1. The molecule has 38 heavy (non-hydrogen) atoms. The highest BCUT2D eigenvalue weighted by molar-refractivity contribution is 7.17. The number of carbonyl (C=O) groups excluding carboxylic acids is 3. The van der Waals surface area contributed by atoms with Gasteiger partial charge < -0.3 is 20.1 Å². The topological polar surface area (TPSA) is 93.7 Å². The molecule has 1 atom stereocenters. The molecule has 0 radical (unpaired) electrons. The van der Waals surface area contributed by atoms with Crippen molar-refractivity contribution in [1.82, 2.24) is 0 Å². The molecule has 1 heterocycles. The van der Waals surface area contributed by atoms with Gasteiger partial charge in [-0.05, 0) is 62.7 Å². The molecule has 194 valence electrons. The molecule has 4 aromatic rings. The van der Waals surface area contributed by atoms with Crippen LogP contribution < -0.4 is 15.4 Å². The van der Waals surface area contributed by atoms with E-state index in [1.165, 1.54) is 11.3 Å². The van der Waals surface area contributed by atoms with E-state index in [0.29, 0.717) is 27.6 Å². The largest absolute Gasteiger partial charge is 0.481 e. The summed E-state index contributed by atoms with van der Waals surface area (Å²) in [6.07, 6.45) is -0.743. The molecule has 0 aliphatic rings. The fraction of sp³-hybridized carbons (Fsp3) is 0.167. The second-order valence-corrected chi connectivity index (χ2v) is 9.64. The number of anilines is 2. The van der Waals surface area contributed by atoms with Gasteiger partial charge in [0.2, 0.25) is 0 Å². The van der Waals surface area contributed by atoms with E-state index < -0.39 is 12.1 Å². The van der Waals surface area contributed by atoms with E-state index in [-0.39, 0.29) is 18.4 Å². The molecule has 2 amide bonds. The maximum Gasteiger partial charge on any atom is 0.341 e. The van der Waals surface area contributed by atoms with Crippen molar-refractivity contribution in [1.29, 1.82) is 0 Å². The number of amides is 2. The van der Waals surface area contributed by atoms with Gasteiger partial charge in [0.25, 0.3) is 11.8 Å². The Morgan fingerprint density at radius 3 is 2.13 bits per heavy atom. The molecule has 0 spiro atoms. The fourth-order valence-electron chi connectivity index (χ4n) is 3.87. The third kappa shape index (κ3) is 6.27. The van der Waals surface area contributed by atoms with Crippen LogP contribution in [0.1, 0.15) is 39.4 Å². The van der Waals surface area contributed by atoms with E-state index in [1.54, 1.807) is 50.2 Å². The molecule has 4 rings (SSSR count). The van der Waals surface area contributed by atoms with Gasteiger partial charge in [-0.25, -0.2) is 4.79 Å². The van der Waals surface area contributed by atoms with Crippen LogP contribution >= 0.6 is 11.3 Å². The van der Waals surface area contributed by atoms with Crippen LogP contribution in [0.25, 0.3) is 11.1 Å². The number of para-hydroxylation sites is 1. The number of carbonyl (C=O) groups is 3. The average Bonchev–Trinajstić information content (AvgIpc) is 3.25. The quantitative estimate of drug-likeness (QED) is 0.240. The summed E-state index contributed by atoms with van der Waals surface area (Å²) in [5, 5.41) is 6.10. The molecule has 7 nitrogen and oxygen atoms in total. The zero-order valence-electron chi connectivity index (χ0n) is 21.3. The van der Waals surface area contributed by atoms with Gasteiger partial charge in [0.15, 0.2) is 6.10 Å². The molecule has 0 aliphatic carbocycles. The van der Waals surface area contributed by atoms with Crippen molar-refractivity contribution >= 4 is 39.8 Å². The highest BCUT2D eigenvalue weighted by Gasteiger charge is 2.26. The third-order valence-electron chi connectivity index (χ3n) is 5.69. The van der Waals surface area contributed by atoms with Crippen molar-refractivity contribution in [2.75, 3.05) is 17.2 Å². The first-order valence-electron chi connectivity index (χ1n) is 12.2. The molecule has 0 saturated heterocycles. The lowest BCUT2D eigenvalue weighted by Gasteiger charge is -2.15. The fourth-order valence-corrected chi connectivity index (χ4v) is 4.93. The van der Waals surface area contributed by atoms with Crippen LogP contribution in [0.3, 0.4) is 0 Å². The van der Waals surface area contributed by atoms with Gasteiger partial charge in [-0.15, -0.1) is 11.3 Å². The smallest absolute Gasteiger partial charge is 0.341 e. The van der Waals surface area contributed by atoms with Gasteiger partial charge in [-0.3, -0.25) is 9.59 Å². The number of thiophene rings is 1. The summed E-state index contributed by atoms with van der Waals surface area (Å²) in [5.41, 5.74) is 3.02. The van der Waals surface area contributed by atoms with Gasteiger partial charge >= 0.3 is 5.97 Å². The summed E-state index contributed by atoms with van der Waals surface area (Å²) in [5.74, 6) is -0.704. The Bertz CT molecular complexity index is 1420. The normalized spacial score (nSPS) is 11.3. The Hall–Kier alpha value is -4.43. The van der Waals surface area contributed by atoms with Crippen LogP contribution in [0.4, 0.5) is 10.7 Å². The lowest BCUT2D eigenvalue weighted by Crippen LogP contribution is -2.30. The minimum absolute atomic E-state index is 0.221. The molecule has 8 heteroatoms. The summed E-state index contributed by atoms with van der Waals surface area (Å²) in [7, 11) is 0. The zero-order valence-corrected chi connectivity index (χ0v) is 22.1. The molecule has 0 saturated carbocycles. The summed E-state index contributed by atoms with van der Waals surface area (Å²) >= 11 is 1.33. The van der Waals surface area contributed by atoms with Crippen LogP contribution in [0, 0.1) is 6.92 Å². The first kappa shape index (κ1) is 26.6. The van der Waals surface area contributed by atoms with Gasteiger partial charge in [0.1, 0.15) is 16.3 Å². The van der Waals surface area contributed by atoms with Gasteiger partial charge in [0, 0.05) is 21.7 Å². The van der Waals surface area contributed by atoms with Crippen LogP contribution in [-0.4, -0.2) is 30.5 Å². The van der Waals surface area contributed by atoms with Gasteiger partial charge in [-0.2, -0.15) is 0 Å². The Morgan fingerprint density at radius 1 is 0.868 bits per heavy atom. The summed E-state index contributed by atoms with van der Waals surface area (Å²) in [6.45, 7) is 5.53. The van der Waals surface area contributed by atoms with Crippen LogP contribution in [0.5, 0.6) is 5.75 Å². The SMILES string of the molecule is CCOC(=O)c1c(NC(=O)c2ccc(O[C@@H](C)C(=O)Nc3ccccc3)cc2)sc(C)c1-c1ccccc1. The highest BCUT2D eigenvalue weighted by Crippen LogP contribution is 2.40. The number of nitrogens with one attached hydrogen (secondary N) is 2. The Balaban J connectivity index is 1.48. The van der Waals surface area contributed by atoms with E-state index in [4.69, 9.17) is 9.47 Å². The molecular formula is C30H28N2O5S. The number of hydrogen-bond acceptors (Lipinski definition) is 6. The van der Waals surface area contributed by atoms with E-state index in [2.05, 4.69) is 10.6 Å². The molecule has 1 aromatic heterocycles. The van der Waals surface area contributed by atoms with Gasteiger partial charge in [0.05, 0.1) is 6.61 Å². The molecule has 2 N–H and O–H groups in total. The Kier molecular flexibility index (Phi) is 8.55. The van der Waals surface area contributed by atoms with Crippen LogP contribution in [0.2, 0.25) is 0 Å². The molecule has 0 unspecified atom stereocenters. The molecule has 3 aromatic carbocycles. The lowest BCUT2D eigenvalue weighted by atomic mass is 10.0. The first-order chi connectivity index (χ1) is 18.4. The number of aryl methyl sites for hydroxylation is 1. The van der Waals surface area contributed by atoms with Crippen molar-refractivity contribution in [3.8, 4) is 16.9 Å². The van der Waals surface area contributed by atoms with Crippen molar-refractivity contribution in [2.24, 2.45) is 0 Å². The predicted molar refractivity (Wildman–Crippen MR) is 150 cm³/mol. The van der Waals surface area contributed by atoms with Gasteiger partial charge in [-0.1, -0.05) is 48.5 Å². The van der Waals surface area contributed by atoms with Crippen LogP contribution in [0.15, 0.2) is 84.9 Å². The van der Waals surface area contributed by atoms with E-state index in [9.17, 15) is 14.4 Å². The predicted octanol–water partition coefficient (Wildman–Crippen LogP) is 6.56. The standard InChI is InChI=1S/C30H28N2O5S/c1-4-36-30(35)26-25(21-11-7-5-8-12-21)20(3)38-29(26)32-28(34)22-15-17-24(18-16-22)37-19(2)27(33)31-23-13-9-6-10-14-23/h5-19H,4H2,1-3H3,(H,31,33)(H,32,34)/t19-/m0/s1. The van der Waals surface area contributed by atoms with Crippen molar-refractivity contribution in [3.05, 3.63) is 101 Å². The zero-order chi connectivity index (χ0) is 27.1. The van der Waals surface area contributed by atoms with Crippen molar-refractivity contribution in [3.63, 3.8) is 0 Å². The minimum atomic E-state index is -0.743. The Labute approximate surface area is 225 Å². The third-order valence-corrected chi connectivity index (χ3v) is 6.71. The van der Waals surface area contributed by atoms with Crippen molar-refractivity contribution < 1.29 is 23.9 Å². The molecule has 0 aliphatic heterocycles. The lowest BCUT2D eigenvalue weighted by molar-refractivity contribution is -0.122. The second-order valence-electron chi connectivity index (χ2n) is 8.42. The highest BCUT2D eigenvalue weighted by atomic mass is 32.1. The number of benzene rings is 3. The summed E-state index contributed by atoms with van der Waals surface area (Å²) < 4.78 is 11.1. The molecular weight excluding hydrogens is 500 g/mol. The monoisotopic (exact) mass is 528 g/mol. The number of rotatable bonds is 9. The number of esters is 1. The first-order valence-corrected chi connectivity index (χ1v) is 13.0. The summed E-state index contributed by atoms with van der Waals surface area (Å²) in [4.78, 5) is 39.3. The number of hydrogen-bond donors (Lipinski definition) is 2. The second kappa shape index (κ2) is 12.2. The summed E-state index contributed by atoms with van der Waals surface area (Å²) in [6, 6.07) is 25.1. The Morgan fingerprint density at radius 2 is 1.50 bits per heavy atom. The molecule has 0 fully saturated rings. The molecule has 0 bridgehead atoms. The average molecular weight is 529 g/mol. The van der Waals surface area contributed by atoms with Crippen LogP contribution in [-0.2, 0) is 9.53 Å².